The molecule has 0 aromatic heterocycles. The number of amides is 1. The van der Waals surface area contributed by atoms with E-state index in [1.807, 2.05) is 6.92 Å². The molecule has 0 aliphatic heterocycles. The Hall–Kier alpha value is -1.75. The van der Waals surface area contributed by atoms with E-state index in [9.17, 15) is 14.7 Å². The predicted molar refractivity (Wildman–Crippen MR) is 104 cm³/mol. The highest BCUT2D eigenvalue weighted by Gasteiger charge is 2.49. The second kappa shape index (κ2) is 7.34. The SMILES string of the molecule is Cc1cc(Cl)ccc1OC(C)(C)C(=O)NC1CCC2(C(=O)O)CCC[C@H]1C2. The van der Waals surface area contributed by atoms with Crippen molar-refractivity contribution in [1.82, 2.24) is 5.32 Å². The van der Waals surface area contributed by atoms with Crippen LogP contribution in [0.3, 0.4) is 0 Å². The number of ether oxygens (including phenoxy) is 1. The molecular formula is C21H28ClNO4. The maximum atomic E-state index is 12.9. The molecule has 2 N–H and O–H groups in total. The van der Waals surface area contributed by atoms with E-state index in [1.165, 1.54) is 0 Å². The maximum absolute atomic E-state index is 12.9. The molecule has 3 rings (SSSR count). The maximum Gasteiger partial charge on any atom is 0.309 e. The van der Waals surface area contributed by atoms with Crippen LogP contribution in [0, 0.1) is 18.3 Å². The fourth-order valence-electron chi connectivity index (χ4n) is 4.53. The molecule has 1 aromatic carbocycles. The topological polar surface area (TPSA) is 75.6 Å². The minimum atomic E-state index is -1.03. The van der Waals surface area contributed by atoms with Crippen molar-refractivity contribution in [1.29, 1.82) is 0 Å². The third-order valence-corrected chi connectivity index (χ3v) is 6.44. The van der Waals surface area contributed by atoms with Gasteiger partial charge in [-0.1, -0.05) is 18.0 Å². The van der Waals surface area contributed by atoms with Crippen LogP contribution in [0.1, 0.15) is 57.9 Å². The summed E-state index contributed by atoms with van der Waals surface area (Å²) in [6.07, 6.45) is 4.62. The third kappa shape index (κ3) is 4.08. The summed E-state index contributed by atoms with van der Waals surface area (Å²) in [6.45, 7) is 5.40. The highest BCUT2D eigenvalue weighted by Crippen LogP contribution is 2.49. The van der Waals surface area contributed by atoms with Gasteiger partial charge in [0.2, 0.25) is 0 Å². The summed E-state index contributed by atoms with van der Waals surface area (Å²) < 4.78 is 5.99. The molecule has 2 unspecified atom stereocenters. The summed E-state index contributed by atoms with van der Waals surface area (Å²) >= 11 is 5.99. The number of carbonyl (C=O) groups is 2. The fourth-order valence-corrected chi connectivity index (χ4v) is 4.76. The first-order valence-electron chi connectivity index (χ1n) is 9.62. The lowest BCUT2D eigenvalue weighted by atomic mass is 9.60. The van der Waals surface area contributed by atoms with Crippen molar-refractivity contribution in [2.24, 2.45) is 11.3 Å². The van der Waals surface area contributed by atoms with Crippen molar-refractivity contribution in [2.75, 3.05) is 0 Å². The molecule has 2 fully saturated rings. The molecule has 0 saturated heterocycles. The molecule has 27 heavy (non-hydrogen) atoms. The van der Waals surface area contributed by atoms with Crippen molar-refractivity contribution in [3.05, 3.63) is 28.8 Å². The van der Waals surface area contributed by atoms with E-state index in [0.29, 0.717) is 30.0 Å². The van der Waals surface area contributed by atoms with Gasteiger partial charge >= 0.3 is 5.97 Å². The number of aliphatic carboxylic acids is 1. The Kier molecular flexibility index (Phi) is 5.44. The van der Waals surface area contributed by atoms with Gasteiger partial charge in [0, 0.05) is 11.1 Å². The number of nitrogens with one attached hydrogen (secondary N) is 1. The Bertz CT molecular complexity index is 748. The van der Waals surface area contributed by atoms with Crippen molar-refractivity contribution in [2.45, 2.75) is 70.9 Å². The van der Waals surface area contributed by atoms with Crippen LogP contribution in [0.15, 0.2) is 18.2 Å². The number of halogens is 1. The highest BCUT2D eigenvalue weighted by atomic mass is 35.5. The van der Waals surface area contributed by atoms with Crippen molar-refractivity contribution in [3.8, 4) is 5.75 Å². The van der Waals surface area contributed by atoms with Crippen LogP contribution in [0.2, 0.25) is 5.02 Å². The van der Waals surface area contributed by atoms with Gasteiger partial charge in [-0.2, -0.15) is 0 Å². The first-order chi connectivity index (χ1) is 12.6. The van der Waals surface area contributed by atoms with Crippen LogP contribution in [0.25, 0.3) is 0 Å². The number of hydrogen-bond donors (Lipinski definition) is 2. The molecule has 0 radical (unpaired) electrons. The van der Waals surface area contributed by atoms with E-state index < -0.39 is 17.0 Å². The normalized spacial score (nSPS) is 27.7. The van der Waals surface area contributed by atoms with Crippen LogP contribution in [0.5, 0.6) is 5.75 Å². The number of carbonyl (C=O) groups excluding carboxylic acids is 1. The Labute approximate surface area is 165 Å². The van der Waals surface area contributed by atoms with Crippen LogP contribution in [-0.2, 0) is 9.59 Å². The van der Waals surface area contributed by atoms with Crippen molar-refractivity contribution < 1.29 is 19.4 Å². The van der Waals surface area contributed by atoms with Crippen LogP contribution < -0.4 is 10.1 Å². The second-order valence-electron chi connectivity index (χ2n) is 8.58. The van der Waals surface area contributed by atoms with E-state index in [4.69, 9.17) is 16.3 Å². The Morgan fingerprint density at radius 1 is 1.30 bits per heavy atom. The summed E-state index contributed by atoms with van der Waals surface area (Å²) in [7, 11) is 0. The van der Waals surface area contributed by atoms with Gasteiger partial charge < -0.3 is 15.2 Å². The van der Waals surface area contributed by atoms with Crippen molar-refractivity contribution >= 4 is 23.5 Å². The molecule has 1 aromatic rings. The third-order valence-electron chi connectivity index (χ3n) is 6.21. The molecule has 2 aliphatic rings. The standard InChI is InChI=1S/C21H28ClNO4/c1-13-11-15(22)6-7-17(13)27-20(2,3)18(24)23-16-8-10-21(19(25)26)9-4-5-14(16)12-21/h6-7,11,14,16H,4-5,8-10,12H2,1-3H3,(H,23,24)(H,25,26)/t14-,16?,21?/m0/s1. The zero-order chi connectivity index (χ0) is 19.8. The molecule has 0 heterocycles. The van der Waals surface area contributed by atoms with Gasteiger partial charge in [-0.05, 0) is 82.6 Å². The average molecular weight is 394 g/mol. The summed E-state index contributed by atoms with van der Waals surface area (Å²) in [6, 6.07) is 5.33. The van der Waals surface area contributed by atoms with E-state index in [0.717, 1.165) is 24.8 Å². The summed E-state index contributed by atoms with van der Waals surface area (Å²) in [5.41, 5.74) is -0.745. The van der Waals surface area contributed by atoms with Gasteiger partial charge in [0.15, 0.2) is 5.60 Å². The van der Waals surface area contributed by atoms with Gasteiger partial charge in [-0.15, -0.1) is 0 Å². The first kappa shape index (κ1) is 20.0. The van der Waals surface area contributed by atoms with Gasteiger partial charge in [0.1, 0.15) is 5.75 Å². The fraction of sp³-hybridized carbons (Fsp3) is 0.619. The largest absolute Gasteiger partial charge is 0.481 e. The van der Waals surface area contributed by atoms with Crippen LogP contribution in [0.4, 0.5) is 0 Å². The van der Waals surface area contributed by atoms with E-state index >= 15 is 0 Å². The van der Waals surface area contributed by atoms with Gasteiger partial charge in [0.05, 0.1) is 5.41 Å². The number of benzene rings is 1. The van der Waals surface area contributed by atoms with E-state index in [2.05, 4.69) is 5.32 Å². The predicted octanol–water partition coefficient (Wildman–Crippen LogP) is 4.35. The lowest BCUT2D eigenvalue weighted by Crippen LogP contribution is -2.55. The van der Waals surface area contributed by atoms with Crippen molar-refractivity contribution in [3.63, 3.8) is 0 Å². The molecule has 0 spiro atoms. The Morgan fingerprint density at radius 2 is 2.04 bits per heavy atom. The molecule has 5 nitrogen and oxygen atoms in total. The zero-order valence-corrected chi connectivity index (χ0v) is 16.9. The number of carboxylic acid groups (broad SMARTS) is 1. The van der Waals surface area contributed by atoms with E-state index in [1.54, 1.807) is 32.0 Å². The molecule has 1 amide bonds. The minimum Gasteiger partial charge on any atom is -0.481 e. The smallest absolute Gasteiger partial charge is 0.309 e. The summed E-state index contributed by atoms with van der Waals surface area (Å²) in [4.78, 5) is 24.6. The first-order valence-corrected chi connectivity index (χ1v) is 10.0. The second-order valence-corrected chi connectivity index (χ2v) is 9.02. The lowest BCUT2D eigenvalue weighted by molar-refractivity contribution is -0.155. The molecule has 6 heteroatoms. The summed E-state index contributed by atoms with van der Waals surface area (Å²) in [5, 5.41) is 13.4. The average Bonchev–Trinajstić information content (AvgIpc) is 2.60. The summed E-state index contributed by atoms with van der Waals surface area (Å²) in [5.74, 6) is 0.000439. The number of rotatable bonds is 5. The molecule has 2 bridgehead atoms. The molecule has 3 atom stereocenters. The Morgan fingerprint density at radius 3 is 2.70 bits per heavy atom. The zero-order valence-electron chi connectivity index (χ0n) is 16.2. The number of aryl methyl sites for hydroxylation is 1. The number of fused-ring (bicyclic) bond motifs is 2. The quantitative estimate of drug-likeness (QED) is 0.779. The van der Waals surface area contributed by atoms with Gasteiger partial charge in [-0.25, -0.2) is 0 Å². The monoisotopic (exact) mass is 393 g/mol. The highest BCUT2D eigenvalue weighted by molar-refractivity contribution is 6.30. The minimum absolute atomic E-state index is 0.0134. The Balaban J connectivity index is 1.66. The van der Waals surface area contributed by atoms with Crippen LogP contribution in [-0.4, -0.2) is 28.6 Å². The van der Waals surface area contributed by atoms with Crippen LogP contribution >= 0.6 is 11.6 Å². The molecule has 2 aliphatic carbocycles. The number of hydrogen-bond acceptors (Lipinski definition) is 3. The molecule has 2 saturated carbocycles. The molecule has 148 valence electrons. The van der Waals surface area contributed by atoms with Gasteiger partial charge in [-0.3, -0.25) is 9.59 Å². The molecular weight excluding hydrogens is 366 g/mol. The lowest BCUT2D eigenvalue weighted by Gasteiger charge is -2.46. The van der Waals surface area contributed by atoms with Gasteiger partial charge in [0.25, 0.3) is 5.91 Å². The van der Waals surface area contributed by atoms with E-state index in [-0.39, 0.29) is 17.9 Å². The number of carboxylic acids is 1.